The van der Waals surface area contributed by atoms with Crippen LogP contribution in [0.15, 0.2) is 24.3 Å². The van der Waals surface area contributed by atoms with Crippen molar-refractivity contribution in [1.82, 2.24) is 5.32 Å². The zero-order valence-electron chi connectivity index (χ0n) is 11.1. The van der Waals surface area contributed by atoms with Crippen LogP contribution in [0.3, 0.4) is 0 Å². The van der Waals surface area contributed by atoms with E-state index in [-0.39, 0.29) is 6.61 Å². The predicted octanol–water partition coefficient (Wildman–Crippen LogP) is 2.23. The second kappa shape index (κ2) is 6.88. The third-order valence-corrected chi connectivity index (χ3v) is 3.81. The van der Waals surface area contributed by atoms with Crippen molar-refractivity contribution in [2.75, 3.05) is 7.11 Å². The molecule has 0 unspecified atom stereocenters. The summed E-state index contributed by atoms with van der Waals surface area (Å²) in [7, 11) is 1.81. The summed E-state index contributed by atoms with van der Waals surface area (Å²) < 4.78 is 5.38. The Balaban J connectivity index is 1.74. The van der Waals surface area contributed by atoms with Crippen molar-refractivity contribution < 1.29 is 9.84 Å². The van der Waals surface area contributed by atoms with Crippen LogP contribution in [0, 0.1) is 0 Å². The van der Waals surface area contributed by atoms with Crippen molar-refractivity contribution in [1.29, 1.82) is 0 Å². The van der Waals surface area contributed by atoms with Crippen LogP contribution >= 0.6 is 0 Å². The Kier molecular flexibility index (Phi) is 5.17. The van der Waals surface area contributed by atoms with Crippen LogP contribution in [-0.2, 0) is 17.9 Å². The zero-order valence-corrected chi connectivity index (χ0v) is 11.1. The van der Waals surface area contributed by atoms with Crippen molar-refractivity contribution in [2.24, 2.45) is 0 Å². The molecule has 1 aromatic rings. The third kappa shape index (κ3) is 3.80. The molecule has 2 N–H and O–H groups in total. The second-order valence-electron chi connectivity index (χ2n) is 5.06. The fourth-order valence-electron chi connectivity index (χ4n) is 2.53. The standard InChI is InChI=1S/C15H23NO2/c1-18-15-8-6-14(7-9-15)16-10-12-2-4-13(11-17)5-3-12/h2-5,14-17H,6-11H2,1H3. The van der Waals surface area contributed by atoms with Crippen LogP contribution in [-0.4, -0.2) is 24.4 Å². The highest BCUT2D eigenvalue weighted by atomic mass is 16.5. The highest BCUT2D eigenvalue weighted by Crippen LogP contribution is 2.20. The number of hydrogen-bond acceptors (Lipinski definition) is 3. The zero-order chi connectivity index (χ0) is 12.8. The minimum Gasteiger partial charge on any atom is -0.392 e. The minimum atomic E-state index is 0.120. The van der Waals surface area contributed by atoms with Crippen molar-refractivity contribution in [3.8, 4) is 0 Å². The van der Waals surface area contributed by atoms with Gasteiger partial charge in [0.25, 0.3) is 0 Å². The van der Waals surface area contributed by atoms with Gasteiger partial charge in [-0.05, 0) is 36.8 Å². The Morgan fingerprint density at radius 2 is 1.72 bits per heavy atom. The molecule has 1 aromatic carbocycles. The SMILES string of the molecule is COC1CCC(NCc2ccc(CO)cc2)CC1. The number of aliphatic hydroxyl groups excluding tert-OH is 1. The summed E-state index contributed by atoms with van der Waals surface area (Å²) in [4.78, 5) is 0. The van der Waals surface area contributed by atoms with Gasteiger partial charge < -0.3 is 15.2 Å². The molecule has 0 radical (unpaired) electrons. The molecule has 0 heterocycles. The maximum atomic E-state index is 8.98. The number of benzene rings is 1. The molecule has 100 valence electrons. The van der Waals surface area contributed by atoms with Gasteiger partial charge in [-0.3, -0.25) is 0 Å². The van der Waals surface area contributed by atoms with Crippen LogP contribution < -0.4 is 5.32 Å². The Morgan fingerprint density at radius 3 is 2.28 bits per heavy atom. The molecule has 18 heavy (non-hydrogen) atoms. The maximum absolute atomic E-state index is 8.98. The summed E-state index contributed by atoms with van der Waals surface area (Å²) in [6.45, 7) is 1.03. The summed E-state index contributed by atoms with van der Waals surface area (Å²) in [5.74, 6) is 0. The molecule has 1 aliphatic rings. The average molecular weight is 249 g/mol. The molecule has 0 atom stereocenters. The lowest BCUT2D eigenvalue weighted by Crippen LogP contribution is -2.34. The van der Waals surface area contributed by atoms with E-state index in [4.69, 9.17) is 9.84 Å². The van der Waals surface area contributed by atoms with E-state index in [9.17, 15) is 0 Å². The number of nitrogens with one attached hydrogen (secondary N) is 1. The van der Waals surface area contributed by atoms with Crippen molar-refractivity contribution in [2.45, 2.75) is 51.0 Å². The first kappa shape index (κ1) is 13.5. The molecule has 0 spiro atoms. The van der Waals surface area contributed by atoms with Crippen LogP contribution in [0.4, 0.5) is 0 Å². The Morgan fingerprint density at radius 1 is 1.11 bits per heavy atom. The van der Waals surface area contributed by atoms with Crippen LogP contribution in [0.25, 0.3) is 0 Å². The van der Waals surface area contributed by atoms with E-state index in [0.717, 1.165) is 24.9 Å². The van der Waals surface area contributed by atoms with Crippen LogP contribution in [0.1, 0.15) is 36.8 Å². The fourth-order valence-corrected chi connectivity index (χ4v) is 2.53. The van der Waals surface area contributed by atoms with Gasteiger partial charge in [-0.1, -0.05) is 24.3 Å². The Bertz CT molecular complexity index is 342. The van der Waals surface area contributed by atoms with Gasteiger partial charge in [0.15, 0.2) is 0 Å². The molecule has 1 saturated carbocycles. The molecule has 0 amide bonds. The number of rotatable bonds is 5. The third-order valence-electron chi connectivity index (χ3n) is 3.81. The van der Waals surface area contributed by atoms with Crippen molar-refractivity contribution >= 4 is 0 Å². The monoisotopic (exact) mass is 249 g/mol. The first-order valence-corrected chi connectivity index (χ1v) is 6.76. The van der Waals surface area contributed by atoms with Crippen molar-refractivity contribution in [3.63, 3.8) is 0 Å². The van der Waals surface area contributed by atoms with Gasteiger partial charge in [-0.25, -0.2) is 0 Å². The lowest BCUT2D eigenvalue weighted by molar-refractivity contribution is 0.0624. The molecule has 2 rings (SSSR count). The summed E-state index contributed by atoms with van der Waals surface area (Å²) >= 11 is 0. The van der Waals surface area contributed by atoms with Gasteiger partial charge in [-0.2, -0.15) is 0 Å². The first-order valence-electron chi connectivity index (χ1n) is 6.76. The molecule has 3 heteroatoms. The number of ether oxygens (including phenoxy) is 1. The summed E-state index contributed by atoms with van der Waals surface area (Å²) in [5, 5.41) is 12.6. The Hall–Kier alpha value is -0.900. The van der Waals surface area contributed by atoms with E-state index in [1.165, 1.54) is 18.4 Å². The number of methoxy groups -OCH3 is 1. The quantitative estimate of drug-likeness (QED) is 0.841. The van der Waals surface area contributed by atoms with E-state index in [1.807, 2.05) is 12.1 Å². The first-order chi connectivity index (χ1) is 8.81. The average Bonchev–Trinajstić information content (AvgIpc) is 2.46. The van der Waals surface area contributed by atoms with Crippen molar-refractivity contribution in [3.05, 3.63) is 35.4 Å². The molecule has 0 saturated heterocycles. The van der Waals surface area contributed by atoms with Gasteiger partial charge in [0.05, 0.1) is 12.7 Å². The number of aliphatic hydroxyl groups is 1. The van der Waals surface area contributed by atoms with E-state index < -0.39 is 0 Å². The summed E-state index contributed by atoms with van der Waals surface area (Å²) in [6.07, 6.45) is 5.20. The lowest BCUT2D eigenvalue weighted by atomic mass is 9.93. The molecular formula is C15H23NO2. The Labute approximate surface area is 109 Å². The highest BCUT2D eigenvalue weighted by Gasteiger charge is 2.19. The van der Waals surface area contributed by atoms with Gasteiger partial charge in [0, 0.05) is 19.7 Å². The molecule has 1 fully saturated rings. The van der Waals surface area contributed by atoms with Crippen LogP contribution in [0.5, 0.6) is 0 Å². The fraction of sp³-hybridized carbons (Fsp3) is 0.600. The smallest absolute Gasteiger partial charge is 0.0681 e. The largest absolute Gasteiger partial charge is 0.392 e. The topological polar surface area (TPSA) is 41.5 Å². The summed E-state index contributed by atoms with van der Waals surface area (Å²) in [6, 6.07) is 8.75. The van der Waals surface area contributed by atoms with E-state index in [0.29, 0.717) is 12.1 Å². The molecule has 3 nitrogen and oxygen atoms in total. The van der Waals surface area contributed by atoms with Gasteiger partial charge in [-0.15, -0.1) is 0 Å². The summed E-state index contributed by atoms with van der Waals surface area (Å²) in [5.41, 5.74) is 2.25. The van der Waals surface area contributed by atoms with Gasteiger partial charge in [0.2, 0.25) is 0 Å². The molecule has 1 aliphatic carbocycles. The van der Waals surface area contributed by atoms with E-state index in [2.05, 4.69) is 17.4 Å². The molecule has 0 bridgehead atoms. The van der Waals surface area contributed by atoms with E-state index >= 15 is 0 Å². The maximum Gasteiger partial charge on any atom is 0.0681 e. The number of hydrogen-bond donors (Lipinski definition) is 2. The predicted molar refractivity (Wildman–Crippen MR) is 72.3 cm³/mol. The molecule has 0 aromatic heterocycles. The molecular weight excluding hydrogens is 226 g/mol. The molecule has 0 aliphatic heterocycles. The minimum absolute atomic E-state index is 0.120. The van der Waals surface area contributed by atoms with E-state index in [1.54, 1.807) is 7.11 Å². The highest BCUT2D eigenvalue weighted by molar-refractivity contribution is 5.21. The second-order valence-corrected chi connectivity index (χ2v) is 5.06. The normalized spacial score (nSPS) is 24.1. The van der Waals surface area contributed by atoms with Crippen LogP contribution in [0.2, 0.25) is 0 Å². The lowest BCUT2D eigenvalue weighted by Gasteiger charge is -2.28. The van der Waals surface area contributed by atoms with Gasteiger partial charge in [0.1, 0.15) is 0 Å². The van der Waals surface area contributed by atoms with Gasteiger partial charge >= 0.3 is 0 Å².